The average molecular weight is 410 g/mol. The molecule has 0 aliphatic carbocycles. The van der Waals surface area contributed by atoms with E-state index in [0.29, 0.717) is 5.56 Å². The molecule has 4 N–H and O–H groups in total. The summed E-state index contributed by atoms with van der Waals surface area (Å²) < 4.78 is 5.02. The molecule has 1 heterocycles. The topological polar surface area (TPSA) is 128 Å². The minimum atomic E-state index is -0.596. The van der Waals surface area contributed by atoms with Crippen molar-refractivity contribution in [1.29, 1.82) is 0 Å². The fourth-order valence-electron chi connectivity index (χ4n) is 2.51. The van der Waals surface area contributed by atoms with E-state index in [1.807, 2.05) is 0 Å². The number of hydrogen-bond donors (Lipinski definition) is 4. The Hall–Kier alpha value is -2.97. The van der Waals surface area contributed by atoms with Crippen molar-refractivity contribution in [2.24, 2.45) is 10.2 Å². The van der Waals surface area contributed by atoms with Crippen LogP contribution in [0, 0.1) is 0 Å². The zero-order valence-corrected chi connectivity index (χ0v) is 15.3. The summed E-state index contributed by atoms with van der Waals surface area (Å²) in [4.78, 5) is 14.6. The third-order valence-corrected chi connectivity index (χ3v) is 4.61. The standard InChI is InChI=1S/C17H13Cl2N3O5/c1-27-16-12(19)11(18)13-10(15(16)25)14(17(26)20-13)22-21-9(24)6-7-2-4-8(23)5-3-7/h2-5,20,23,25-26H,6H2,1H3. The van der Waals surface area contributed by atoms with Gasteiger partial charge < -0.3 is 25.0 Å². The Morgan fingerprint density at radius 1 is 1.15 bits per heavy atom. The van der Waals surface area contributed by atoms with Crippen molar-refractivity contribution in [2.75, 3.05) is 7.11 Å². The summed E-state index contributed by atoms with van der Waals surface area (Å²) in [7, 11) is 1.29. The van der Waals surface area contributed by atoms with Gasteiger partial charge in [-0.15, -0.1) is 10.2 Å². The highest BCUT2D eigenvalue weighted by atomic mass is 35.5. The number of nitrogens with zero attached hydrogens (tertiary/aromatic N) is 2. The van der Waals surface area contributed by atoms with Crippen molar-refractivity contribution in [3.63, 3.8) is 0 Å². The summed E-state index contributed by atoms with van der Waals surface area (Å²) >= 11 is 12.1. The molecule has 0 saturated heterocycles. The molecule has 140 valence electrons. The van der Waals surface area contributed by atoms with Crippen molar-refractivity contribution in [3.05, 3.63) is 39.9 Å². The Balaban J connectivity index is 1.98. The first kappa shape index (κ1) is 18.8. The number of phenols is 2. The summed E-state index contributed by atoms with van der Waals surface area (Å²) in [6.45, 7) is 0. The zero-order valence-electron chi connectivity index (χ0n) is 13.8. The molecule has 0 aliphatic rings. The Labute approximate surface area is 162 Å². The number of nitrogens with one attached hydrogen (secondary N) is 1. The van der Waals surface area contributed by atoms with Crippen LogP contribution in [0.25, 0.3) is 10.9 Å². The monoisotopic (exact) mass is 409 g/mol. The van der Waals surface area contributed by atoms with Gasteiger partial charge in [-0.2, -0.15) is 0 Å². The predicted molar refractivity (Wildman–Crippen MR) is 99.5 cm³/mol. The lowest BCUT2D eigenvalue weighted by Gasteiger charge is -2.08. The second-order valence-corrected chi connectivity index (χ2v) is 6.27. The maximum atomic E-state index is 12.0. The second-order valence-electron chi connectivity index (χ2n) is 5.52. The number of carbonyl (C=O) groups is 1. The molecular formula is C17H13Cl2N3O5. The molecule has 2 aromatic carbocycles. The van der Waals surface area contributed by atoms with Crippen LogP contribution in [0.3, 0.4) is 0 Å². The molecule has 1 amide bonds. The number of aromatic amines is 1. The van der Waals surface area contributed by atoms with Crippen molar-refractivity contribution in [2.45, 2.75) is 6.42 Å². The number of benzene rings is 2. The van der Waals surface area contributed by atoms with Gasteiger partial charge >= 0.3 is 0 Å². The number of phenolic OH excluding ortho intramolecular Hbond substituents is 2. The number of carbonyl (C=O) groups excluding carboxylic acids is 1. The largest absolute Gasteiger partial charge is 0.508 e. The van der Waals surface area contributed by atoms with Crippen LogP contribution in [-0.4, -0.2) is 33.3 Å². The van der Waals surface area contributed by atoms with Gasteiger partial charge in [-0.1, -0.05) is 35.3 Å². The lowest BCUT2D eigenvalue weighted by molar-refractivity contribution is -0.117. The SMILES string of the molecule is COc1c(Cl)c(Cl)c2[nH]c(O)c(N=NC(=O)Cc3ccc(O)cc3)c2c1O. The second kappa shape index (κ2) is 7.34. The number of fused-ring (bicyclic) bond motifs is 1. The van der Waals surface area contributed by atoms with Gasteiger partial charge in [-0.25, -0.2) is 0 Å². The molecule has 0 saturated carbocycles. The summed E-state index contributed by atoms with van der Waals surface area (Å²) in [5.41, 5.74) is 0.565. The molecule has 3 aromatic rings. The van der Waals surface area contributed by atoms with Gasteiger partial charge in [-0.3, -0.25) is 4.79 Å². The Bertz CT molecular complexity index is 1060. The zero-order chi connectivity index (χ0) is 19.7. The number of H-pyrrole nitrogens is 1. The molecule has 0 aliphatic heterocycles. The van der Waals surface area contributed by atoms with Crippen LogP contribution in [0.2, 0.25) is 10.0 Å². The molecule has 0 bridgehead atoms. The molecule has 10 heteroatoms. The number of aromatic hydroxyl groups is 3. The van der Waals surface area contributed by atoms with E-state index in [9.17, 15) is 20.1 Å². The smallest absolute Gasteiger partial charge is 0.269 e. The molecule has 0 unspecified atom stereocenters. The van der Waals surface area contributed by atoms with E-state index >= 15 is 0 Å². The molecule has 0 spiro atoms. The van der Waals surface area contributed by atoms with Gasteiger partial charge in [0, 0.05) is 0 Å². The lowest BCUT2D eigenvalue weighted by Crippen LogP contribution is -1.97. The highest BCUT2D eigenvalue weighted by Gasteiger charge is 2.24. The summed E-state index contributed by atoms with van der Waals surface area (Å²) in [5.74, 6) is -1.47. The van der Waals surface area contributed by atoms with Crippen LogP contribution < -0.4 is 4.74 Å². The Kier molecular flexibility index (Phi) is 5.11. The highest BCUT2D eigenvalue weighted by molar-refractivity contribution is 6.46. The van der Waals surface area contributed by atoms with Crippen molar-refractivity contribution in [1.82, 2.24) is 4.98 Å². The minimum Gasteiger partial charge on any atom is -0.508 e. The number of ether oxygens (including phenoxy) is 1. The molecule has 8 nitrogen and oxygen atoms in total. The van der Waals surface area contributed by atoms with E-state index in [-0.39, 0.29) is 44.6 Å². The fraction of sp³-hybridized carbons (Fsp3) is 0.118. The Morgan fingerprint density at radius 2 is 1.81 bits per heavy atom. The van der Waals surface area contributed by atoms with E-state index in [0.717, 1.165) is 0 Å². The van der Waals surface area contributed by atoms with Crippen LogP contribution >= 0.6 is 23.2 Å². The fourth-order valence-corrected chi connectivity index (χ4v) is 3.00. The van der Waals surface area contributed by atoms with Gasteiger partial charge in [0.05, 0.1) is 29.5 Å². The number of amides is 1. The lowest BCUT2D eigenvalue weighted by atomic mass is 10.1. The van der Waals surface area contributed by atoms with Crippen molar-refractivity contribution >= 4 is 45.7 Å². The first-order chi connectivity index (χ1) is 12.8. The third-order valence-electron chi connectivity index (χ3n) is 3.78. The molecule has 0 atom stereocenters. The quantitative estimate of drug-likeness (QED) is 0.473. The predicted octanol–water partition coefficient (Wildman–Crippen LogP) is 4.45. The molecular weight excluding hydrogens is 397 g/mol. The van der Waals surface area contributed by atoms with Crippen LogP contribution in [0.4, 0.5) is 5.69 Å². The maximum absolute atomic E-state index is 12.0. The van der Waals surface area contributed by atoms with Gasteiger partial charge in [0.2, 0.25) is 5.88 Å². The first-order valence-electron chi connectivity index (χ1n) is 7.54. The van der Waals surface area contributed by atoms with Crippen LogP contribution in [0.15, 0.2) is 34.5 Å². The minimum absolute atomic E-state index is 0.00786. The molecule has 0 radical (unpaired) electrons. The highest BCUT2D eigenvalue weighted by Crippen LogP contribution is 2.51. The van der Waals surface area contributed by atoms with Crippen molar-refractivity contribution < 1.29 is 24.9 Å². The van der Waals surface area contributed by atoms with Crippen LogP contribution in [0.1, 0.15) is 5.56 Å². The third kappa shape index (κ3) is 3.49. The summed E-state index contributed by atoms with van der Waals surface area (Å²) in [5, 5.41) is 37.0. The molecule has 27 heavy (non-hydrogen) atoms. The number of rotatable bonds is 4. The number of hydrogen-bond acceptors (Lipinski definition) is 6. The normalized spacial score (nSPS) is 11.4. The number of methoxy groups -OCH3 is 1. The number of aromatic nitrogens is 1. The molecule has 0 fully saturated rings. The maximum Gasteiger partial charge on any atom is 0.269 e. The van der Waals surface area contributed by atoms with Crippen molar-refractivity contribution in [3.8, 4) is 23.1 Å². The van der Waals surface area contributed by atoms with E-state index in [1.54, 1.807) is 12.1 Å². The van der Waals surface area contributed by atoms with Gasteiger partial charge in [0.15, 0.2) is 17.2 Å². The van der Waals surface area contributed by atoms with Gasteiger partial charge in [0.25, 0.3) is 5.91 Å². The van der Waals surface area contributed by atoms with E-state index in [2.05, 4.69) is 15.2 Å². The summed E-state index contributed by atoms with van der Waals surface area (Å²) in [6.07, 6.45) is -0.0607. The van der Waals surface area contributed by atoms with Crippen LogP contribution in [0.5, 0.6) is 23.1 Å². The van der Waals surface area contributed by atoms with Crippen LogP contribution in [-0.2, 0) is 11.2 Å². The van der Waals surface area contributed by atoms with E-state index < -0.39 is 17.5 Å². The average Bonchev–Trinajstić information content (AvgIpc) is 2.97. The first-order valence-corrected chi connectivity index (χ1v) is 8.30. The molecule has 1 aromatic heterocycles. The Morgan fingerprint density at radius 3 is 2.44 bits per heavy atom. The van der Waals surface area contributed by atoms with Gasteiger partial charge in [-0.05, 0) is 17.7 Å². The summed E-state index contributed by atoms with van der Waals surface area (Å²) in [6, 6.07) is 6.04. The van der Waals surface area contributed by atoms with E-state index in [1.165, 1.54) is 19.2 Å². The van der Waals surface area contributed by atoms with E-state index in [4.69, 9.17) is 27.9 Å². The number of halogens is 2. The van der Waals surface area contributed by atoms with Gasteiger partial charge in [0.1, 0.15) is 10.8 Å². The molecule has 3 rings (SSSR count). The number of azo groups is 1.